The Morgan fingerprint density at radius 2 is 1.90 bits per heavy atom. The predicted molar refractivity (Wildman–Crippen MR) is 183 cm³/mol. The number of unbranched alkanes of at least 4 members (excludes halogenated alkanes) is 1. The van der Waals surface area contributed by atoms with Gasteiger partial charge in [-0.05, 0) is 49.8 Å². The molecule has 3 aliphatic heterocycles. The van der Waals surface area contributed by atoms with Crippen molar-refractivity contribution in [3.8, 4) is 0 Å². The lowest BCUT2D eigenvalue weighted by Gasteiger charge is -2.36. The monoisotopic (exact) mass is 684 g/mol. The molecule has 3 aromatic rings. The highest BCUT2D eigenvalue weighted by Gasteiger charge is 2.74. The van der Waals surface area contributed by atoms with Crippen LogP contribution in [0.1, 0.15) is 50.1 Å². The molecule has 1 aromatic heterocycles. The minimum Gasteiger partial charge on any atom is -0.463 e. The topological polar surface area (TPSA) is 156 Å². The van der Waals surface area contributed by atoms with Gasteiger partial charge in [0.15, 0.2) is 0 Å². The van der Waals surface area contributed by atoms with Gasteiger partial charge in [-0.25, -0.2) is 4.68 Å². The zero-order chi connectivity index (χ0) is 35.3. The molecule has 3 saturated heterocycles. The van der Waals surface area contributed by atoms with Crippen LogP contribution in [0.4, 0.5) is 0 Å². The van der Waals surface area contributed by atoms with Gasteiger partial charge in [-0.2, -0.15) is 0 Å². The van der Waals surface area contributed by atoms with Gasteiger partial charge in [-0.3, -0.25) is 19.2 Å². The highest BCUT2D eigenvalue weighted by molar-refractivity contribution is 5.99. The Kier molecular flexibility index (Phi) is 10.7. The zero-order valence-electron chi connectivity index (χ0n) is 28.1. The van der Waals surface area contributed by atoms with E-state index < -0.39 is 47.5 Å². The minimum absolute atomic E-state index is 0.0557. The number of nitrogens with one attached hydrogen (secondary N) is 1. The molecule has 0 saturated carbocycles. The van der Waals surface area contributed by atoms with Crippen molar-refractivity contribution in [2.45, 2.75) is 69.0 Å². The molecule has 6 atom stereocenters. The number of hydrogen-bond acceptors (Lipinski definition) is 9. The number of benzene rings is 2. The van der Waals surface area contributed by atoms with Crippen LogP contribution in [-0.2, 0) is 35.3 Å². The smallest absolute Gasteiger partial charge is 0.306 e. The number of hydrogen-bond donors (Lipinski definition) is 2. The van der Waals surface area contributed by atoms with E-state index in [0.29, 0.717) is 37.6 Å². The first-order valence-electron chi connectivity index (χ1n) is 17.2. The number of para-hydroxylation sites is 1. The van der Waals surface area contributed by atoms with Crippen LogP contribution < -0.4 is 5.32 Å². The zero-order valence-corrected chi connectivity index (χ0v) is 28.1. The Morgan fingerprint density at radius 1 is 1.12 bits per heavy atom. The fourth-order valence-corrected chi connectivity index (χ4v) is 7.74. The van der Waals surface area contributed by atoms with Crippen molar-refractivity contribution in [2.75, 3.05) is 26.3 Å². The molecule has 2 aromatic carbocycles. The molecule has 2 N–H and O–H groups in total. The SMILES string of the molecule is C=CCCC(=O)OC[C@H](NC(=O)[C@@H]1[C@H]2C(=O)N(CCCCO)[C@H](C(=O)N(CC=C)Cn3nnc4ccccc43)[C@]23CC[C@H]1O3)c1ccccc1. The molecule has 0 aliphatic carbocycles. The molecule has 1 spiro atoms. The number of nitrogens with zero attached hydrogens (tertiary/aromatic N) is 5. The first kappa shape index (κ1) is 35.0. The van der Waals surface area contributed by atoms with Crippen molar-refractivity contribution in [2.24, 2.45) is 11.8 Å². The Labute approximate surface area is 290 Å². The summed E-state index contributed by atoms with van der Waals surface area (Å²) in [6, 6.07) is 15.0. The van der Waals surface area contributed by atoms with Crippen LogP contribution in [0.3, 0.4) is 0 Å². The number of fused-ring (bicyclic) bond motifs is 2. The Balaban J connectivity index is 1.28. The number of aromatic nitrogens is 3. The number of aliphatic hydroxyl groups excluding tert-OH is 1. The van der Waals surface area contributed by atoms with Gasteiger partial charge in [0.2, 0.25) is 17.7 Å². The molecule has 0 unspecified atom stereocenters. The Hall–Kier alpha value is -4.88. The first-order valence-corrected chi connectivity index (χ1v) is 17.2. The number of aliphatic hydroxyl groups is 1. The lowest BCUT2D eigenvalue weighted by Crippen LogP contribution is -2.56. The fraction of sp³-hybridized carbons (Fsp3) is 0.459. The molecule has 3 aliphatic rings. The number of carbonyl (C=O) groups excluding carboxylic acids is 4. The normalized spacial score (nSPS) is 24.2. The van der Waals surface area contributed by atoms with E-state index in [2.05, 4.69) is 28.8 Å². The standard InChI is InChI=1S/C37H44N6O7/c1-3-5-17-30(45)49-23-27(25-13-7-6-8-14-25)38-34(46)31-29-18-19-37(50-29)32(31)35(47)42(21-11-12-22-44)33(37)36(48)41(20-4-2)24-43-28-16-10-9-15-26(28)39-40-43/h3-4,6-10,13-16,27,29,31-33,44H,1-2,5,11-12,17-24H2,(H,38,46)/t27-,29+,31-,32-,33+,37-/m0/s1. The number of allylic oxidation sites excluding steroid dienone is 1. The number of ether oxygens (including phenoxy) is 2. The van der Waals surface area contributed by atoms with Gasteiger partial charge in [0, 0.05) is 26.1 Å². The van der Waals surface area contributed by atoms with E-state index in [1.807, 2.05) is 54.6 Å². The van der Waals surface area contributed by atoms with Crippen molar-refractivity contribution in [1.29, 1.82) is 0 Å². The second-order valence-corrected chi connectivity index (χ2v) is 13.1. The van der Waals surface area contributed by atoms with E-state index in [9.17, 15) is 24.3 Å². The van der Waals surface area contributed by atoms with E-state index in [-0.39, 0.29) is 51.2 Å². The van der Waals surface area contributed by atoms with Gasteiger partial charge in [0.1, 0.15) is 30.4 Å². The molecule has 4 heterocycles. The van der Waals surface area contributed by atoms with Crippen LogP contribution in [0.15, 0.2) is 79.9 Å². The molecule has 264 valence electrons. The Bertz CT molecular complexity index is 1730. The lowest BCUT2D eigenvalue weighted by molar-refractivity contribution is -0.149. The van der Waals surface area contributed by atoms with Gasteiger partial charge in [0.05, 0.1) is 29.5 Å². The minimum atomic E-state index is -1.22. The lowest BCUT2D eigenvalue weighted by atomic mass is 9.70. The van der Waals surface area contributed by atoms with Crippen LogP contribution in [0.25, 0.3) is 11.0 Å². The van der Waals surface area contributed by atoms with E-state index in [4.69, 9.17) is 9.47 Å². The number of likely N-dealkylation sites (tertiary alicyclic amines) is 1. The van der Waals surface area contributed by atoms with Crippen molar-refractivity contribution in [3.05, 3.63) is 85.5 Å². The molecule has 6 rings (SSSR count). The highest BCUT2D eigenvalue weighted by atomic mass is 16.5. The quantitative estimate of drug-likeness (QED) is 0.124. The van der Waals surface area contributed by atoms with Crippen molar-refractivity contribution in [1.82, 2.24) is 30.1 Å². The van der Waals surface area contributed by atoms with Crippen LogP contribution in [0, 0.1) is 11.8 Å². The van der Waals surface area contributed by atoms with E-state index in [0.717, 1.165) is 11.1 Å². The van der Waals surface area contributed by atoms with E-state index >= 15 is 0 Å². The molecule has 3 fully saturated rings. The second kappa shape index (κ2) is 15.3. The molecule has 3 amide bonds. The Morgan fingerprint density at radius 3 is 2.66 bits per heavy atom. The van der Waals surface area contributed by atoms with Crippen LogP contribution in [0.2, 0.25) is 0 Å². The molecule has 2 bridgehead atoms. The van der Waals surface area contributed by atoms with E-state index in [1.165, 1.54) is 0 Å². The average Bonchev–Trinajstić information content (AvgIpc) is 3.88. The summed E-state index contributed by atoms with van der Waals surface area (Å²) in [7, 11) is 0. The maximum atomic E-state index is 14.7. The van der Waals surface area contributed by atoms with Gasteiger partial charge >= 0.3 is 5.97 Å². The summed E-state index contributed by atoms with van der Waals surface area (Å²) in [6.07, 6.45) is 5.18. The predicted octanol–water partition coefficient (Wildman–Crippen LogP) is 2.92. The molecule has 13 nitrogen and oxygen atoms in total. The van der Waals surface area contributed by atoms with Gasteiger partial charge in [-0.15, -0.1) is 18.3 Å². The summed E-state index contributed by atoms with van der Waals surface area (Å²) in [5, 5.41) is 21.1. The summed E-state index contributed by atoms with van der Waals surface area (Å²) in [6.45, 7) is 7.84. The second-order valence-electron chi connectivity index (χ2n) is 13.1. The summed E-state index contributed by atoms with van der Waals surface area (Å²) in [5.41, 5.74) is 0.962. The van der Waals surface area contributed by atoms with Gasteiger partial charge in [0.25, 0.3) is 0 Å². The molecular weight excluding hydrogens is 640 g/mol. The third-order valence-electron chi connectivity index (χ3n) is 10.0. The third kappa shape index (κ3) is 6.67. The fourth-order valence-electron chi connectivity index (χ4n) is 7.74. The van der Waals surface area contributed by atoms with Crippen molar-refractivity contribution in [3.63, 3.8) is 0 Å². The maximum Gasteiger partial charge on any atom is 0.306 e. The molecule has 0 radical (unpaired) electrons. The van der Waals surface area contributed by atoms with Crippen molar-refractivity contribution >= 4 is 34.7 Å². The van der Waals surface area contributed by atoms with Crippen LogP contribution in [0.5, 0.6) is 0 Å². The number of amides is 3. The summed E-state index contributed by atoms with van der Waals surface area (Å²) in [4.78, 5) is 58.9. The largest absolute Gasteiger partial charge is 0.463 e. The number of rotatable bonds is 17. The van der Waals surface area contributed by atoms with Gasteiger partial charge < -0.3 is 29.7 Å². The van der Waals surface area contributed by atoms with E-state index in [1.54, 1.807) is 26.6 Å². The number of carbonyl (C=O) groups is 4. The summed E-state index contributed by atoms with van der Waals surface area (Å²) >= 11 is 0. The highest BCUT2D eigenvalue weighted by Crippen LogP contribution is 2.58. The average molecular weight is 685 g/mol. The van der Waals surface area contributed by atoms with Crippen molar-refractivity contribution < 1.29 is 33.8 Å². The third-order valence-corrected chi connectivity index (χ3v) is 10.0. The molecular formula is C37H44N6O7. The number of esters is 1. The maximum absolute atomic E-state index is 14.7. The first-order chi connectivity index (χ1) is 24.3. The summed E-state index contributed by atoms with van der Waals surface area (Å²) < 4.78 is 13.8. The van der Waals surface area contributed by atoms with Crippen LogP contribution in [-0.4, -0.2) is 97.6 Å². The van der Waals surface area contributed by atoms with Crippen LogP contribution >= 0.6 is 0 Å². The molecule has 13 heteroatoms. The van der Waals surface area contributed by atoms with Gasteiger partial charge in [-0.1, -0.05) is 59.8 Å². The molecule has 50 heavy (non-hydrogen) atoms. The summed E-state index contributed by atoms with van der Waals surface area (Å²) in [5.74, 6) is -3.21.